The average molecular weight is 983 g/mol. The Hall–Kier alpha value is -7.62. The second kappa shape index (κ2) is 22.5. The van der Waals surface area contributed by atoms with Gasteiger partial charge in [-0.3, -0.25) is 0 Å². The third-order valence-electron chi connectivity index (χ3n) is 15.8. The Morgan fingerprint density at radius 2 is 0.667 bits per heavy atom. The summed E-state index contributed by atoms with van der Waals surface area (Å²) in [5, 5.41) is 15.7. The Morgan fingerprint density at radius 1 is 0.347 bits per heavy atom. The second-order valence-corrected chi connectivity index (χ2v) is 21.0. The van der Waals surface area contributed by atoms with Crippen molar-refractivity contribution < 1.29 is 13.3 Å². The minimum Gasteiger partial charge on any atom is -0.456 e. The van der Waals surface area contributed by atoms with E-state index >= 15 is 0 Å². The van der Waals surface area contributed by atoms with Crippen molar-refractivity contribution in [1.82, 2.24) is 0 Å². The van der Waals surface area contributed by atoms with Gasteiger partial charge in [0.1, 0.15) is 34.0 Å². The van der Waals surface area contributed by atoms with Crippen molar-refractivity contribution in [3.05, 3.63) is 191 Å². The molecule has 0 aliphatic rings. The Morgan fingerprint density at radius 3 is 1.07 bits per heavy atom. The smallest absolute Gasteiger partial charge is 0.135 e. The fourth-order valence-corrected chi connectivity index (χ4v) is 11.4. The summed E-state index contributed by atoms with van der Waals surface area (Å²) in [6, 6.07) is 59.3. The molecule has 376 valence electrons. The lowest BCUT2D eigenvalue weighted by Crippen LogP contribution is -2.22. The summed E-state index contributed by atoms with van der Waals surface area (Å²) in [6.45, 7) is 12.8. The van der Waals surface area contributed by atoms with Crippen molar-refractivity contribution in [2.45, 2.75) is 118 Å². The molecule has 0 atom stereocenters. The Labute approximate surface area is 442 Å². The van der Waals surface area contributed by atoms with Crippen LogP contribution in [0.2, 0.25) is 0 Å². The Kier molecular flexibility index (Phi) is 14.9. The number of unbranched alkanes of at least 4 members (excludes halogenated alkanes) is 10. The number of aryl methyl sites for hydroxylation is 3. The maximum absolute atomic E-state index is 6.44. The SMILES string of the molecule is C=c1ccc2c(ccc3oc(-c4ccc(C)cc4)cc32)/c1=C/C.CCCCCCCCc1ccc(-c2cc3c(ccc4c3ccc3c5ccc6oc(-c7ccc(CCCCCCCC)cc7)cc6c5ccc43)o2)cc1. The normalized spacial score (nSPS) is 12.1. The molecule has 0 saturated carbocycles. The van der Waals surface area contributed by atoms with Gasteiger partial charge in [0, 0.05) is 32.8 Å². The third kappa shape index (κ3) is 10.4. The lowest BCUT2D eigenvalue weighted by atomic mass is 9.94. The molecule has 3 heteroatoms. The first-order valence-electron chi connectivity index (χ1n) is 28.0. The molecule has 0 saturated heterocycles. The zero-order valence-electron chi connectivity index (χ0n) is 44.5. The molecule has 0 N–H and O–H groups in total. The molecule has 9 aromatic carbocycles. The van der Waals surface area contributed by atoms with Gasteiger partial charge in [-0.1, -0.05) is 224 Å². The van der Waals surface area contributed by atoms with Gasteiger partial charge >= 0.3 is 0 Å². The van der Waals surface area contributed by atoms with Crippen LogP contribution < -0.4 is 10.4 Å². The molecule has 0 radical (unpaired) electrons. The van der Waals surface area contributed by atoms with E-state index in [2.05, 4.69) is 204 Å². The molecule has 3 heterocycles. The molecule has 0 amide bonds. The molecule has 3 nitrogen and oxygen atoms in total. The Bertz CT molecular complexity index is 3880. The summed E-state index contributed by atoms with van der Waals surface area (Å²) in [7, 11) is 0. The van der Waals surface area contributed by atoms with Gasteiger partial charge in [-0.2, -0.15) is 0 Å². The van der Waals surface area contributed by atoms with Crippen LogP contribution in [0.5, 0.6) is 0 Å². The standard InChI is InChI=1S/C50H52O2.C22H18O/c1-3-5-7-9-11-13-15-35-17-21-37(22-18-35)49-33-45-43-27-25-40-39(41(43)29-31-47(45)51-49)26-28-44-42(40)30-32-48-46(44)34-50(52-48)38-23-19-36(20-24-38)16-14-12-10-8-6-4-2;1-4-17-15(3)7-10-19-18(17)11-12-21-20(19)13-22(23-21)16-8-5-14(2)6-9-16/h17-34H,3-16H2,1-2H3;4-13H,3H2,1-2H3/b;17-4+. The topological polar surface area (TPSA) is 39.4 Å². The molecule has 0 bridgehead atoms. The fraction of sp³-hybridized carbons (Fsp3) is 0.250. The maximum Gasteiger partial charge on any atom is 0.135 e. The van der Waals surface area contributed by atoms with Gasteiger partial charge < -0.3 is 13.3 Å². The third-order valence-corrected chi connectivity index (χ3v) is 15.8. The lowest BCUT2D eigenvalue weighted by Gasteiger charge is -2.08. The maximum atomic E-state index is 6.44. The van der Waals surface area contributed by atoms with Crippen LogP contribution in [0.15, 0.2) is 177 Å². The first kappa shape index (κ1) is 49.6. The zero-order valence-corrected chi connectivity index (χ0v) is 44.5. The van der Waals surface area contributed by atoms with Crippen LogP contribution in [0.1, 0.15) is 115 Å². The van der Waals surface area contributed by atoms with Crippen molar-refractivity contribution in [2.24, 2.45) is 0 Å². The molecule has 0 aliphatic carbocycles. The zero-order chi connectivity index (χ0) is 51.3. The van der Waals surface area contributed by atoms with E-state index in [1.54, 1.807) is 0 Å². The highest BCUT2D eigenvalue weighted by Crippen LogP contribution is 2.41. The van der Waals surface area contributed by atoms with Crippen LogP contribution >= 0.6 is 0 Å². The summed E-state index contributed by atoms with van der Waals surface area (Å²) in [5.74, 6) is 2.77. The van der Waals surface area contributed by atoms with E-state index in [9.17, 15) is 0 Å². The largest absolute Gasteiger partial charge is 0.456 e. The first-order valence-corrected chi connectivity index (χ1v) is 28.0. The molecular weight excluding hydrogens is 913 g/mol. The van der Waals surface area contributed by atoms with E-state index in [1.165, 1.54) is 153 Å². The molecule has 75 heavy (non-hydrogen) atoms. The van der Waals surface area contributed by atoms with Crippen LogP contribution in [0.4, 0.5) is 0 Å². The summed E-state index contributed by atoms with van der Waals surface area (Å²) < 4.78 is 19.0. The van der Waals surface area contributed by atoms with E-state index in [4.69, 9.17) is 13.3 Å². The van der Waals surface area contributed by atoms with E-state index < -0.39 is 0 Å². The van der Waals surface area contributed by atoms with Crippen LogP contribution in [0, 0.1) is 6.92 Å². The molecule has 12 rings (SSSR count). The van der Waals surface area contributed by atoms with Gasteiger partial charge in [-0.25, -0.2) is 0 Å². The van der Waals surface area contributed by atoms with Gasteiger partial charge in [-0.05, 0) is 141 Å². The molecule has 0 unspecified atom stereocenters. The van der Waals surface area contributed by atoms with Crippen LogP contribution in [0.25, 0.3) is 123 Å². The number of hydrogen-bond acceptors (Lipinski definition) is 3. The van der Waals surface area contributed by atoms with Gasteiger partial charge in [-0.15, -0.1) is 0 Å². The van der Waals surface area contributed by atoms with Crippen molar-refractivity contribution in [2.75, 3.05) is 0 Å². The Balaban J connectivity index is 0.000000217. The van der Waals surface area contributed by atoms with Gasteiger partial charge in [0.2, 0.25) is 0 Å². The molecule has 12 aromatic rings. The van der Waals surface area contributed by atoms with Gasteiger partial charge in [0.25, 0.3) is 0 Å². The molecule has 0 aliphatic heterocycles. The lowest BCUT2D eigenvalue weighted by molar-refractivity contribution is 0.607. The number of hydrogen-bond donors (Lipinski definition) is 0. The predicted octanol–water partition coefficient (Wildman–Crippen LogP) is 20.6. The van der Waals surface area contributed by atoms with Gasteiger partial charge in [0.15, 0.2) is 0 Å². The van der Waals surface area contributed by atoms with Crippen molar-refractivity contribution >= 4 is 88.7 Å². The van der Waals surface area contributed by atoms with Crippen molar-refractivity contribution in [3.63, 3.8) is 0 Å². The number of fused-ring (bicyclic) bond motifs is 12. The summed E-state index contributed by atoms with van der Waals surface area (Å²) >= 11 is 0. The molecule has 0 fully saturated rings. The second-order valence-electron chi connectivity index (χ2n) is 21.0. The van der Waals surface area contributed by atoms with E-state index in [0.29, 0.717) is 0 Å². The van der Waals surface area contributed by atoms with Crippen molar-refractivity contribution in [1.29, 1.82) is 0 Å². The summed E-state index contributed by atoms with van der Waals surface area (Å²) in [4.78, 5) is 0. The van der Waals surface area contributed by atoms with E-state index in [1.807, 2.05) is 0 Å². The minimum absolute atomic E-state index is 0.910. The molecule has 3 aromatic heterocycles. The number of furan rings is 3. The molecule has 0 spiro atoms. The van der Waals surface area contributed by atoms with Crippen LogP contribution in [-0.2, 0) is 12.8 Å². The minimum atomic E-state index is 0.910. The number of benzene rings is 9. The predicted molar refractivity (Wildman–Crippen MR) is 322 cm³/mol. The highest BCUT2D eigenvalue weighted by molar-refractivity contribution is 6.24. The van der Waals surface area contributed by atoms with Crippen LogP contribution in [-0.4, -0.2) is 0 Å². The van der Waals surface area contributed by atoms with E-state index in [0.717, 1.165) is 74.2 Å². The fourth-order valence-electron chi connectivity index (χ4n) is 11.4. The highest BCUT2D eigenvalue weighted by Gasteiger charge is 2.16. The van der Waals surface area contributed by atoms with Crippen LogP contribution in [0.3, 0.4) is 0 Å². The highest BCUT2D eigenvalue weighted by atomic mass is 16.3. The van der Waals surface area contributed by atoms with Gasteiger partial charge in [0.05, 0.1) is 0 Å². The summed E-state index contributed by atoms with van der Waals surface area (Å²) in [5.41, 5.74) is 10.2. The average Bonchev–Trinajstić information content (AvgIpc) is 4.21. The monoisotopic (exact) mass is 983 g/mol. The van der Waals surface area contributed by atoms with Crippen molar-refractivity contribution in [3.8, 4) is 34.0 Å². The molecular formula is C72H70O3. The first-order chi connectivity index (χ1) is 36.9. The summed E-state index contributed by atoms with van der Waals surface area (Å²) in [6.07, 6.45) is 20.4. The quantitative estimate of drug-likeness (QED) is 0.0674. The van der Waals surface area contributed by atoms with E-state index in [-0.39, 0.29) is 0 Å². The number of rotatable bonds is 17.